The molecule has 0 spiro atoms. The normalized spacial score (nSPS) is 9.64. The summed E-state index contributed by atoms with van der Waals surface area (Å²) in [7, 11) is 0. The quantitative estimate of drug-likeness (QED) is 0.559. The van der Waals surface area contributed by atoms with Crippen LogP contribution in [0.2, 0.25) is 0 Å². The second kappa shape index (κ2) is 3.14. The third-order valence-corrected chi connectivity index (χ3v) is 1.15. The van der Waals surface area contributed by atoms with E-state index >= 15 is 0 Å². The molecule has 0 aliphatic rings. The number of aryl methyl sites for hydroxylation is 1. The summed E-state index contributed by atoms with van der Waals surface area (Å²) in [6.45, 7) is 3.27. The summed E-state index contributed by atoms with van der Waals surface area (Å²) in [5.74, 6) is 0.407. The van der Waals surface area contributed by atoms with Crippen molar-refractivity contribution in [2.24, 2.45) is 0 Å². The lowest BCUT2D eigenvalue weighted by Gasteiger charge is -1.91. The van der Waals surface area contributed by atoms with Gasteiger partial charge in [-0.15, -0.1) is 20.4 Å². The average Bonchev–Trinajstić information content (AvgIpc) is 2.05. The molecule has 0 N–H and O–H groups in total. The molecule has 0 fully saturated rings. The van der Waals surface area contributed by atoms with Crippen molar-refractivity contribution < 1.29 is 4.79 Å². The minimum atomic E-state index is -0.215. The van der Waals surface area contributed by atoms with E-state index in [4.69, 9.17) is 0 Å². The number of carbonyl (C=O) groups excluding carboxylic acids is 1. The number of Topliss-reactive ketones (excluding diaryl/α,β-unsaturated/α-hetero) is 1. The number of aromatic nitrogens is 4. The fraction of sp³-hybridized carbons (Fsp3) is 0.500. The number of hydrogen-bond acceptors (Lipinski definition) is 5. The van der Waals surface area contributed by atoms with Crippen molar-refractivity contribution in [1.82, 2.24) is 20.4 Å². The second-order valence-corrected chi connectivity index (χ2v) is 2.05. The van der Waals surface area contributed by atoms with E-state index in [-0.39, 0.29) is 11.6 Å². The van der Waals surface area contributed by atoms with Gasteiger partial charge in [0.1, 0.15) is 0 Å². The van der Waals surface area contributed by atoms with E-state index in [0.29, 0.717) is 12.2 Å². The maximum atomic E-state index is 10.6. The van der Waals surface area contributed by atoms with Crippen molar-refractivity contribution in [3.8, 4) is 0 Å². The Balaban J connectivity index is 2.91. The van der Waals surface area contributed by atoms with Gasteiger partial charge < -0.3 is 0 Å². The first kappa shape index (κ1) is 7.71. The molecule has 0 bridgehead atoms. The summed E-state index contributed by atoms with van der Waals surface area (Å²) in [5, 5.41) is 14.5. The zero-order valence-electron chi connectivity index (χ0n) is 6.40. The van der Waals surface area contributed by atoms with E-state index in [9.17, 15) is 4.79 Å². The van der Waals surface area contributed by atoms with Gasteiger partial charge in [-0.3, -0.25) is 4.79 Å². The Labute approximate surface area is 63.9 Å². The lowest BCUT2D eigenvalue weighted by molar-refractivity contribution is 0.100. The Hall–Kier alpha value is -1.39. The molecule has 0 saturated heterocycles. The zero-order valence-corrected chi connectivity index (χ0v) is 6.40. The molecule has 11 heavy (non-hydrogen) atoms. The van der Waals surface area contributed by atoms with Gasteiger partial charge in [-0.1, -0.05) is 6.92 Å². The van der Waals surface area contributed by atoms with Gasteiger partial charge in [0.2, 0.25) is 11.6 Å². The predicted octanol–water partition coefficient (Wildman–Crippen LogP) is 0.0316. The van der Waals surface area contributed by atoms with Gasteiger partial charge >= 0.3 is 0 Å². The van der Waals surface area contributed by atoms with Gasteiger partial charge in [0, 0.05) is 13.3 Å². The first-order valence-corrected chi connectivity index (χ1v) is 3.31. The molecule has 0 amide bonds. The van der Waals surface area contributed by atoms with Crippen LogP contribution in [0.25, 0.3) is 0 Å². The average molecular weight is 152 g/mol. The highest BCUT2D eigenvalue weighted by Crippen LogP contribution is 1.88. The Kier molecular flexibility index (Phi) is 2.20. The molecule has 0 aliphatic heterocycles. The molecule has 5 nitrogen and oxygen atoms in total. The fourth-order valence-electron chi connectivity index (χ4n) is 0.532. The van der Waals surface area contributed by atoms with E-state index in [1.807, 2.05) is 6.92 Å². The molecule has 0 aromatic carbocycles. The van der Waals surface area contributed by atoms with Gasteiger partial charge in [-0.05, 0) is 0 Å². The molecule has 0 saturated carbocycles. The number of carbonyl (C=O) groups is 1. The maximum absolute atomic E-state index is 10.6. The van der Waals surface area contributed by atoms with Crippen LogP contribution in [0.15, 0.2) is 0 Å². The first-order chi connectivity index (χ1) is 5.24. The van der Waals surface area contributed by atoms with Crippen molar-refractivity contribution in [2.45, 2.75) is 20.3 Å². The Morgan fingerprint density at radius 3 is 2.18 bits per heavy atom. The zero-order chi connectivity index (χ0) is 8.27. The molecule has 1 rings (SSSR count). The van der Waals surface area contributed by atoms with Gasteiger partial charge in [0.05, 0.1) is 0 Å². The van der Waals surface area contributed by atoms with Gasteiger partial charge in [0.15, 0.2) is 5.82 Å². The van der Waals surface area contributed by atoms with Crippen molar-refractivity contribution in [2.75, 3.05) is 0 Å². The maximum Gasteiger partial charge on any atom is 0.238 e. The Morgan fingerprint density at radius 2 is 1.82 bits per heavy atom. The van der Waals surface area contributed by atoms with Crippen molar-refractivity contribution in [3.05, 3.63) is 11.6 Å². The molecule has 58 valence electrons. The minimum absolute atomic E-state index is 0.0715. The third-order valence-electron chi connectivity index (χ3n) is 1.15. The SMILES string of the molecule is CCc1nnc(C(C)=O)nn1. The summed E-state index contributed by atoms with van der Waals surface area (Å²) in [4.78, 5) is 10.6. The standard InChI is InChI=1S/C6H8N4O/c1-3-5-7-9-6(4(2)11)10-8-5/h3H2,1-2H3. The molecule has 0 aliphatic carbocycles. The van der Waals surface area contributed by atoms with E-state index in [2.05, 4.69) is 20.4 Å². The first-order valence-electron chi connectivity index (χ1n) is 3.31. The van der Waals surface area contributed by atoms with Crippen molar-refractivity contribution in [3.63, 3.8) is 0 Å². The van der Waals surface area contributed by atoms with Crippen LogP contribution in [0.1, 0.15) is 30.3 Å². The summed E-state index contributed by atoms with van der Waals surface area (Å²) in [5.41, 5.74) is 0. The topological polar surface area (TPSA) is 68.6 Å². The monoisotopic (exact) mass is 152 g/mol. The molecule has 0 radical (unpaired) electrons. The fourth-order valence-corrected chi connectivity index (χ4v) is 0.532. The van der Waals surface area contributed by atoms with Gasteiger partial charge in [0.25, 0.3) is 0 Å². The highest BCUT2D eigenvalue weighted by molar-refractivity contribution is 5.89. The van der Waals surface area contributed by atoms with Crippen LogP contribution >= 0.6 is 0 Å². The van der Waals surface area contributed by atoms with Gasteiger partial charge in [-0.2, -0.15) is 0 Å². The summed E-state index contributed by atoms with van der Waals surface area (Å²) < 4.78 is 0. The van der Waals surface area contributed by atoms with Crippen molar-refractivity contribution >= 4 is 5.78 Å². The number of rotatable bonds is 2. The molecular weight excluding hydrogens is 144 g/mol. The summed E-state index contributed by atoms with van der Waals surface area (Å²) in [6, 6.07) is 0. The Bertz CT molecular complexity index is 256. The number of hydrogen-bond donors (Lipinski definition) is 0. The molecule has 5 heteroatoms. The molecule has 1 aromatic heterocycles. The lowest BCUT2D eigenvalue weighted by Crippen LogP contribution is -2.07. The van der Waals surface area contributed by atoms with Crippen LogP contribution in [-0.4, -0.2) is 26.2 Å². The van der Waals surface area contributed by atoms with Crippen LogP contribution in [0.4, 0.5) is 0 Å². The van der Waals surface area contributed by atoms with Crippen LogP contribution in [0.3, 0.4) is 0 Å². The van der Waals surface area contributed by atoms with E-state index in [1.54, 1.807) is 0 Å². The number of nitrogens with zero attached hydrogens (tertiary/aromatic N) is 4. The van der Waals surface area contributed by atoms with Crippen molar-refractivity contribution in [1.29, 1.82) is 0 Å². The summed E-state index contributed by atoms with van der Waals surface area (Å²) >= 11 is 0. The van der Waals surface area contributed by atoms with E-state index in [0.717, 1.165) is 0 Å². The molecule has 0 atom stereocenters. The third kappa shape index (κ3) is 1.76. The number of ketones is 1. The lowest BCUT2D eigenvalue weighted by atomic mass is 10.4. The highest BCUT2D eigenvalue weighted by Gasteiger charge is 2.03. The van der Waals surface area contributed by atoms with Crippen LogP contribution < -0.4 is 0 Å². The smallest absolute Gasteiger partial charge is 0.238 e. The Morgan fingerprint density at radius 1 is 1.27 bits per heavy atom. The van der Waals surface area contributed by atoms with Crippen LogP contribution in [-0.2, 0) is 6.42 Å². The second-order valence-electron chi connectivity index (χ2n) is 2.05. The highest BCUT2D eigenvalue weighted by atomic mass is 16.1. The molecule has 1 heterocycles. The van der Waals surface area contributed by atoms with Crippen LogP contribution in [0, 0.1) is 0 Å². The minimum Gasteiger partial charge on any atom is -0.291 e. The molecule has 1 aromatic rings. The molecular formula is C6H8N4O. The van der Waals surface area contributed by atoms with E-state index < -0.39 is 0 Å². The summed E-state index contributed by atoms with van der Waals surface area (Å²) in [6.07, 6.45) is 0.679. The molecule has 0 unspecified atom stereocenters. The van der Waals surface area contributed by atoms with E-state index in [1.165, 1.54) is 6.92 Å². The van der Waals surface area contributed by atoms with Crippen LogP contribution in [0.5, 0.6) is 0 Å². The predicted molar refractivity (Wildman–Crippen MR) is 37.0 cm³/mol. The van der Waals surface area contributed by atoms with Gasteiger partial charge in [-0.25, -0.2) is 0 Å². The largest absolute Gasteiger partial charge is 0.291 e.